The molecule has 0 spiro atoms. The molecule has 1 aliphatic heterocycles. The lowest BCUT2D eigenvalue weighted by Gasteiger charge is -2.28. The van der Waals surface area contributed by atoms with Gasteiger partial charge in [0.2, 0.25) is 0 Å². The molecule has 1 amide bonds. The number of hydrogen-bond acceptors (Lipinski definition) is 4. The number of rotatable bonds is 6. The fourth-order valence-electron chi connectivity index (χ4n) is 3.13. The summed E-state index contributed by atoms with van der Waals surface area (Å²) in [5.74, 6) is 0. The van der Waals surface area contributed by atoms with E-state index in [1.807, 2.05) is 35.2 Å². The fourth-order valence-corrected chi connectivity index (χ4v) is 3.13. The summed E-state index contributed by atoms with van der Waals surface area (Å²) in [6.45, 7) is 2.98. The third-order valence-corrected chi connectivity index (χ3v) is 4.41. The normalized spacial score (nSPS) is 21.8. The van der Waals surface area contributed by atoms with Crippen molar-refractivity contribution in [1.82, 2.24) is 9.80 Å². The monoisotopic (exact) mass is 304 g/mol. The van der Waals surface area contributed by atoms with E-state index >= 15 is 0 Å². The number of amides is 1. The van der Waals surface area contributed by atoms with Crippen LogP contribution in [0.3, 0.4) is 0 Å². The molecular formula is C17H24N2O3. The van der Waals surface area contributed by atoms with Crippen molar-refractivity contribution in [2.45, 2.75) is 38.0 Å². The van der Waals surface area contributed by atoms with Gasteiger partial charge in [-0.15, -0.1) is 0 Å². The Labute approximate surface area is 131 Å². The molecule has 1 aromatic rings. The number of hydrogen-bond donors (Lipinski definition) is 1. The SMILES string of the molecule is O=C(OCc1ccccc1)N(C1CC1)C1CCN(CCO)C1. The molecule has 2 fully saturated rings. The van der Waals surface area contributed by atoms with E-state index in [4.69, 9.17) is 9.84 Å². The van der Waals surface area contributed by atoms with E-state index in [2.05, 4.69) is 4.90 Å². The van der Waals surface area contributed by atoms with Crippen molar-refractivity contribution in [3.8, 4) is 0 Å². The summed E-state index contributed by atoms with van der Waals surface area (Å²) in [7, 11) is 0. The van der Waals surface area contributed by atoms with Gasteiger partial charge in [-0.2, -0.15) is 0 Å². The van der Waals surface area contributed by atoms with Crippen molar-refractivity contribution >= 4 is 6.09 Å². The molecule has 1 atom stereocenters. The lowest BCUT2D eigenvalue weighted by Crippen LogP contribution is -2.44. The molecule has 120 valence electrons. The fraction of sp³-hybridized carbons (Fsp3) is 0.588. The third-order valence-electron chi connectivity index (χ3n) is 4.41. The van der Waals surface area contributed by atoms with Gasteiger partial charge in [-0.3, -0.25) is 4.90 Å². The predicted molar refractivity (Wildman–Crippen MR) is 83.4 cm³/mol. The molecule has 3 rings (SSSR count). The van der Waals surface area contributed by atoms with Crippen molar-refractivity contribution in [1.29, 1.82) is 0 Å². The van der Waals surface area contributed by atoms with Crippen molar-refractivity contribution in [2.75, 3.05) is 26.2 Å². The number of nitrogens with zero attached hydrogens (tertiary/aromatic N) is 2. The van der Waals surface area contributed by atoms with Crippen molar-refractivity contribution < 1.29 is 14.6 Å². The smallest absolute Gasteiger partial charge is 0.410 e. The molecule has 1 aliphatic carbocycles. The van der Waals surface area contributed by atoms with E-state index in [9.17, 15) is 4.79 Å². The van der Waals surface area contributed by atoms with Crippen LogP contribution >= 0.6 is 0 Å². The molecule has 1 unspecified atom stereocenters. The van der Waals surface area contributed by atoms with Crippen LogP contribution in [0.4, 0.5) is 4.79 Å². The Morgan fingerprint density at radius 3 is 2.68 bits per heavy atom. The molecule has 0 aromatic heterocycles. The summed E-state index contributed by atoms with van der Waals surface area (Å²) in [4.78, 5) is 16.6. The number of ether oxygens (including phenoxy) is 1. The van der Waals surface area contributed by atoms with Gasteiger partial charge in [-0.1, -0.05) is 30.3 Å². The summed E-state index contributed by atoms with van der Waals surface area (Å²) in [6, 6.07) is 10.4. The highest BCUT2D eigenvalue weighted by Gasteiger charge is 2.40. The second kappa shape index (κ2) is 7.11. The molecule has 1 aromatic carbocycles. The van der Waals surface area contributed by atoms with Crippen LogP contribution in [0.1, 0.15) is 24.8 Å². The summed E-state index contributed by atoms with van der Waals surface area (Å²) in [6.07, 6.45) is 2.94. The van der Waals surface area contributed by atoms with Gasteiger partial charge in [0, 0.05) is 31.7 Å². The minimum atomic E-state index is -0.192. The molecule has 5 nitrogen and oxygen atoms in total. The van der Waals surface area contributed by atoms with Crippen molar-refractivity contribution in [2.24, 2.45) is 0 Å². The first-order valence-electron chi connectivity index (χ1n) is 8.10. The summed E-state index contributed by atoms with van der Waals surface area (Å²) in [5, 5.41) is 9.05. The zero-order valence-corrected chi connectivity index (χ0v) is 12.9. The third kappa shape index (κ3) is 3.78. The highest BCUT2D eigenvalue weighted by molar-refractivity contribution is 5.69. The second-order valence-corrected chi connectivity index (χ2v) is 6.15. The van der Waals surface area contributed by atoms with E-state index in [1.165, 1.54) is 0 Å². The molecular weight excluding hydrogens is 280 g/mol. The number of carbonyl (C=O) groups excluding carboxylic acids is 1. The first-order valence-corrected chi connectivity index (χ1v) is 8.10. The lowest BCUT2D eigenvalue weighted by atomic mass is 10.2. The molecule has 0 bridgehead atoms. The van der Waals surface area contributed by atoms with Gasteiger partial charge in [0.15, 0.2) is 0 Å². The first-order chi connectivity index (χ1) is 10.8. The second-order valence-electron chi connectivity index (χ2n) is 6.15. The number of aliphatic hydroxyl groups is 1. The maximum atomic E-state index is 12.5. The average Bonchev–Trinajstić information content (AvgIpc) is 3.26. The van der Waals surface area contributed by atoms with E-state index < -0.39 is 0 Å². The van der Waals surface area contributed by atoms with Gasteiger partial charge in [-0.05, 0) is 24.8 Å². The maximum Gasteiger partial charge on any atom is 0.410 e. The molecule has 1 saturated heterocycles. The quantitative estimate of drug-likeness (QED) is 0.871. The molecule has 0 radical (unpaired) electrons. The average molecular weight is 304 g/mol. The van der Waals surface area contributed by atoms with E-state index in [0.29, 0.717) is 19.2 Å². The van der Waals surface area contributed by atoms with E-state index in [1.54, 1.807) is 0 Å². The zero-order chi connectivity index (χ0) is 15.4. The van der Waals surface area contributed by atoms with Gasteiger partial charge in [-0.25, -0.2) is 4.79 Å². The minimum absolute atomic E-state index is 0.175. The van der Waals surface area contributed by atoms with Crippen molar-refractivity contribution in [3.05, 3.63) is 35.9 Å². The van der Waals surface area contributed by atoms with Gasteiger partial charge in [0.25, 0.3) is 0 Å². The highest BCUT2D eigenvalue weighted by atomic mass is 16.6. The van der Waals surface area contributed by atoms with Crippen LogP contribution in [-0.2, 0) is 11.3 Å². The molecule has 1 heterocycles. The van der Waals surface area contributed by atoms with Crippen LogP contribution in [0.15, 0.2) is 30.3 Å². The van der Waals surface area contributed by atoms with E-state index in [0.717, 1.165) is 37.9 Å². The van der Waals surface area contributed by atoms with Crippen LogP contribution in [0.25, 0.3) is 0 Å². The summed E-state index contributed by atoms with van der Waals surface area (Å²) >= 11 is 0. The molecule has 1 N–H and O–H groups in total. The van der Waals surface area contributed by atoms with Crippen LogP contribution in [0, 0.1) is 0 Å². The Morgan fingerprint density at radius 2 is 2.00 bits per heavy atom. The van der Waals surface area contributed by atoms with Crippen LogP contribution in [0.2, 0.25) is 0 Å². The maximum absolute atomic E-state index is 12.5. The first kappa shape index (κ1) is 15.3. The minimum Gasteiger partial charge on any atom is -0.445 e. The van der Waals surface area contributed by atoms with Gasteiger partial charge in [0.1, 0.15) is 6.61 Å². The Balaban J connectivity index is 1.56. The Kier molecular flexibility index (Phi) is 4.95. The summed E-state index contributed by atoms with van der Waals surface area (Å²) in [5.41, 5.74) is 1.01. The summed E-state index contributed by atoms with van der Waals surface area (Å²) < 4.78 is 5.52. The Hall–Kier alpha value is -1.59. The molecule has 1 saturated carbocycles. The lowest BCUT2D eigenvalue weighted by molar-refractivity contribution is 0.0773. The Bertz CT molecular complexity index is 490. The topological polar surface area (TPSA) is 53.0 Å². The standard InChI is InChI=1S/C17H24N2O3/c20-11-10-18-9-8-16(12-18)19(15-6-7-15)17(21)22-13-14-4-2-1-3-5-14/h1-5,15-16,20H,6-13H2. The number of benzene rings is 1. The number of β-amino-alcohol motifs (C(OH)–C–C–N with tert-alkyl or cyclic N) is 1. The molecule has 2 aliphatic rings. The predicted octanol–water partition coefficient (Wildman–Crippen LogP) is 1.85. The van der Waals surface area contributed by atoms with Crippen molar-refractivity contribution in [3.63, 3.8) is 0 Å². The van der Waals surface area contributed by atoms with E-state index in [-0.39, 0.29) is 18.7 Å². The van der Waals surface area contributed by atoms with Crippen LogP contribution in [0.5, 0.6) is 0 Å². The molecule has 22 heavy (non-hydrogen) atoms. The van der Waals surface area contributed by atoms with Gasteiger partial charge in [0.05, 0.1) is 6.61 Å². The largest absolute Gasteiger partial charge is 0.445 e. The van der Waals surface area contributed by atoms with Gasteiger partial charge < -0.3 is 14.7 Å². The number of carbonyl (C=O) groups is 1. The van der Waals surface area contributed by atoms with Crippen LogP contribution < -0.4 is 0 Å². The van der Waals surface area contributed by atoms with Crippen LogP contribution in [-0.4, -0.2) is 59.3 Å². The highest BCUT2D eigenvalue weighted by Crippen LogP contribution is 2.32. The number of aliphatic hydroxyl groups excluding tert-OH is 1. The zero-order valence-electron chi connectivity index (χ0n) is 12.9. The Morgan fingerprint density at radius 1 is 1.23 bits per heavy atom. The number of likely N-dealkylation sites (tertiary alicyclic amines) is 1. The van der Waals surface area contributed by atoms with Gasteiger partial charge >= 0.3 is 6.09 Å². The molecule has 5 heteroatoms.